The maximum absolute atomic E-state index is 14.5. The van der Waals surface area contributed by atoms with Crippen molar-refractivity contribution in [1.29, 1.82) is 0 Å². The highest BCUT2D eigenvalue weighted by molar-refractivity contribution is 6.01. The first-order valence-electron chi connectivity index (χ1n) is 6.54. The molecule has 2 aromatic carbocycles. The lowest BCUT2D eigenvalue weighted by atomic mass is 9.78. The first-order valence-corrected chi connectivity index (χ1v) is 6.54. The maximum atomic E-state index is 14.5. The molecule has 24 heavy (non-hydrogen) atoms. The molecule has 0 spiro atoms. The number of rotatable bonds is 2. The monoisotopic (exact) mass is 334 g/mol. The highest BCUT2D eigenvalue weighted by Crippen LogP contribution is 2.54. The first-order chi connectivity index (χ1) is 11.4. The smallest absolute Gasteiger partial charge is 0.211 e. The van der Waals surface area contributed by atoms with Gasteiger partial charge in [0.2, 0.25) is 17.7 Å². The van der Waals surface area contributed by atoms with Gasteiger partial charge in [-0.2, -0.15) is 23.2 Å². The Bertz CT molecular complexity index is 983. The minimum absolute atomic E-state index is 0.00623. The van der Waals surface area contributed by atoms with Crippen LogP contribution in [0.5, 0.6) is 0 Å². The lowest BCUT2D eigenvalue weighted by Gasteiger charge is -2.33. The fraction of sp³-hybridized carbons (Fsp3) is 0.125. The number of hydrogen-bond donors (Lipinski definition) is 0. The average Bonchev–Trinajstić information content (AvgIpc) is 2.52. The van der Waals surface area contributed by atoms with Crippen LogP contribution in [0.25, 0.3) is 16.8 Å². The summed E-state index contributed by atoms with van der Waals surface area (Å²) in [5.74, 6) is -1.70. The molecule has 0 N–H and O–H groups in total. The minimum Gasteiger partial charge on any atom is -0.211 e. The second-order valence-electron chi connectivity index (χ2n) is 5.01. The molecule has 4 nitrogen and oxygen atoms in total. The molecule has 1 aliphatic carbocycles. The molecule has 0 saturated carbocycles. The number of carbonyl (C=O) groups excluding carboxylic acids is 2. The number of alkyl halides is 3. The van der Waals surface area contributed by atoms with Crippen molar-refractivity contribution in [2.75, 3.05) is 0 Å². The second-order valence-corrected chi connectivity index (χ2v) is 5.01. The van der Waals surface area contributed by atoms with E-state index in [-0.39, 0.29) is 16.6 Å². The molecule has 0 fully saturated rings. The van der Waals surface area contributed by atoms with Crippen LogP contribution in [0.2, 0.25) is 0 Å². The number of aliphatic imine (C=N–C) groups is 2. The molecular formula is C16H6F4N2O2. The molecule has 0 radical (unpaired) electrons. The molecule has 3 rings (SSSR count). The Balaban J connectivity index is 2.56. The van der Waals surface area contributed by atoms with Crippen molar-refractivity contribution in [2.45, 2.75) is 11.7 Å². The lowest BCUT2D eigenvalue weighted by Crippen LogP contribution is -2.42. The van der Waals surface area contributed by atoms with Gasteiger partial charge in [0, 0.05) is 11.1 Å². The van der Waals surface area contributed by atoms with Crippen LogP contribution >= 0.6 is 0 Å². The molecule has 2 aromatic rings. The van der Waals surface area contributed by atoms with Gasteiger partial charge in [-0.15, -0.1) is 0 Å². The average molecular weight is 334 g/mol. The summed E-state index contributed by atoms with van der Waals surface area (Å²) in [4.78, 5) is 27.3. The SMILES string of the molecule is O=C=Nc1ccc2cccc3c2c1C=C(F)C3(N=C=O)C(F)(F)F. The molecule has 0 amide bonds. The minimum atomic E-state index is -5.21. The third kappa shape index (κ3) is 1.94. The highest BCUT2D eigenvalue weighted by Gasteiger charge is 2.62. The van der Waals surface area contributed by atoms with Crippen LogP contribution < -0.4 is 0 Å². The summed E-state index contributed by atoms with van der Waals surface area (Å²) in [6.45, 7) is 0. The fourth-order valence-corrected chi connectivity index (χ4v) is 2.88. The van der Waals surface area contributed by atoms with Gasteiger partial charge in [0.05, 0.1) is 5.69 Å². The predicted molar refractivity (Wildman–Crippen MR) is 76.7 cm³/mol. The van der Waals surface area contributed by atoms with E-state index in [0.29, 0.717) is 11.5 Å². The summed E-state index contributed by atoms with van der Waals surface area (Å²) < 4.78 is 55.5. The molecule has 0 saturated heterocycles. The van der Waals surface area contributed by atoms with Gasteiger partial charge in [0.1, 0.15) is 5.83 Å². The van der Waals surface area contributed by atoms with Crippen LogP contribution in [0, 0.1) is 0 Å². The fourth-order valence-electron chi connectivity index (χ4n) is 2.88. The van der Waals surface area contributed by atoms with Crippen LogP contribution in [-0.2, 0) is 15.1 Å². The first kappa shape index (κ1) is 15.8. The molecule has 120 valence electrons. The Labute approximate surface area is 131 Å². The molecule has 0 bridgehead atoms. The summed E-state index contributed by atoms with van der Waals surface area (Å²) in [5, 5.41) is 0.359. The molecule has 0 aromatic heterocycles. The van der Waals surface area contributed by atoms with Crippen molar-refractivity contribution >= 4 is 34.7 Å². The van der Waals surface area contributed by atoms with E-state index < -0.39 is 23.1 Å². The zero-order valence-corrected chi connectivity index (χ0v) is 11.7. The molecular weight excluding hydrogens is 328 g/mol. The predicted octanol–water partition coefficient (Wildman–Crippen LogP) is 4.22. The summed E-state index contributed by atoms with van der Waals surface area (Å²) >= 11 is 0. The highest BCUT2D eigenvalue weighted by atomic mass is 19.4. The van der Waals surface area contributed by atoms with E-state index in [9.17, 15) is 27.2 Å². The molecule has 1 aliphatic rings. The van der Waals surface area contributed by atoms with Crippen molar-refractivity contribution in [3.05, 3.63) is 47.3 Å². The Kier molecular flexibility index (Phi) is 3.44. The van der Waals surface area contributed by atoms with Crippen molar-refractivity contribution in [3.8, 4) is 0 Å². The molecule has 8 heteroatoms. The van der Waals surface area contributed by atoms with E-state index in [1.807, 2.05) is 0 Å². The van der Waals surface area contributed by atoms with Crippen molar-refractivity contribution in [2.24, 2.45) is 9.98 Å². The molecule has 1 unspecified atom stereocenters. The van der Waals surface area contributed by atoms with Crippen molar-refractivity contribution in [3.63, 3.8) is 0 Å². The number of isocyanates is 2. The van der Waals surface area contributed by atoms with Gasteiger partial charge in [0.15, 0.2) is 0 Å². The van der Waals surface area contributed by atoms with E-state index in [1.54, 1.807) is 0 Å². The summed E-state index contributed by atoms with van der Waals surface area (Å²) in [6.07, 6.45) is -2.53. The standard InChI is InChI=1S/C16H6F4N2O2/c17-13-6-10-12(21-7-23)5-4-9-2-1-3-11(14(9)10)15(13,22-8-24)16(18,19)20/h1-6H. The van der Waals surface area contributed by atoms with Crippen LogP contribution in [-0.4, -0.2) is 18.3 Å². The summed E-state index contributed by atoms with van der Waals surface area (Å²) in [5.41, 5.74) is -4.07. The van der Waals surface area contributed by atoms with E-state index >= 15 is 0 Å². The second kappa shape index (κ2) is 5.23. The zero-order chi connectivity index (χ0) is 17.5. The van der Waals surface area contributed by atoms with Gasteiger partial charge in [-0.3, -0.25) is 0 Å². The van der Waals surface area contributed by atoms with Crippen LogP contribution in [0.1, 0.15) is 11.1 Å². The zero-order valence-electron chi connectivity index (χ0n) is 11.7. The topological polar surface area (TPSA) is 58.9 Å². The van der Waals surface area contributed by atoms with Crippen LogP contribution in [0.3, 0.4) is 0 Å². The van der Waals surface area contributed by atoms with Crippen molar-refractivity contribution < 1.29 is 27.2 Å². The van der Waals surface area contributed by atoms with Gasteiger partial charge in [0.25, 0.3) is 0 Å². The summed E-state index contributed by atoms with van der Waals surface area (Å²) in [7, 11) is 0. The molecule has 1 atom stereocenters. The number of benzene rings is 2. The van der Waals surface area contributed by atoms with E-state index in [0.717, 1.165) is 12.1 Å². The van der Waals surface area contributed by atoms with Gasteiger partial charge >= 0.3 is 6.18 Å². The largest absolute Gasteiger partial charge is 0.425 e. The normalized spacial score (nSPS) is 19.2. The van der Waals surface area contributed by atoms with E-state index in [1.165, 1.54) is 30.3 Å². The number of halogens is 4. The number of hydrogen-bond acceptors (Lipinski definition) is 4. The lowest BCUT2D eigenvalue weighted by molar-refractivity contribution is -0.181. The van der Waals surface area contributed by atoms with Crippen molar-refractivity contribution in [1.82, 2.24) is 0 Å². The quantitative estimate of drug-likeness (QED) is 0.469. The van der Waals surface area contributed by atoms with Crippen LogP contribution in [0.15, 0.2) is 46.1 Å². The molecule has 0 aliphatic heterocycles. The van der Waals surface area contributed by atoms with Crippen LogP contribution in [0.4, 0.5) is 23.2 Å². The van der Waals surface area contributed by atoms with Gasteiger partial charge in [-0.05, 0) is 22.9 Å². The van der Waals surface area contributed by atoms with Gasteiger partial charge in [-0.25, -0.2) is 14.0 Å². The van der Waals surface area contributed by atoms with E-state index in [4.69, 9.17) is 0 Å². The van der Waals surface area contributed by atoms with Gasteiger partial charge < -0.3 is 0 Å². The Hall–Kier alpha value is -3.08. The third-order valence-electron chi connectivity index (χ3n) is 3.86. The Morgan fingerprint density at radius 1 is 1.04 bits per heavy atom. The summed E-state index contributed by atoms with van der Waals surface area (Å²) in [6, 6.07) is 6.63. The molecule has 0 heterocycles. The number of nitrogens with zero attached hydrogens (tertiary/aromatic N) is 2. The Morgan fingerprint density at radius 3 is 2.42 bits per heavy atom. The van der Waals surface area contributed by atoms with Gasteiger partial charge in [-0.1, -0.05) is 24.3 Å². The Morgan fingerprint density at radius 2 is 1.79 bits per heavy atom. The third-order valence-corrected chi connectivity index (χ3v) is 3.86. The van der Waals surface area contributed by atoms with E-state index in [2.05, 4.69) is 9.98 Å². The maximum Gasteiger partial charge on any atom is 0.425 e.